The van der Waals surface area contributed by atoms with Crippen LogP contribution in [-0.4, -0.2) is 11.2 Å². The van der Waals surface area contributed by atoms with Crippen molar-refractivity contribution in [2.24, 2.45) is 5.92 Å². The average molecular weight is 298 g/mol. The van der Waals surface area contributed by atoms with Gasteiger partial charge in [0.1, 0.15) is 0 Å². The zero-order valence-corrected chi connectivity index (χ0v) is 11.4. The highest BCUT2D eigenvalue weighted by molar-refractivity contribution is 7.16. The zero-order chi connectivity index (χ0) is 14.3. The second kappa shape index (κ2) is 4.77. The molecule has 106 valence electrons. The van der Waals surface area contributed by atoms with Gasteiger partial charge in [-0.3, -0.25) is 4.98 Å². The Morgan fingerprint density at radius 2 is 2.10 bits per heavy atom. The molecule has 0 spiro atoms. The van der Waals surface area contributed by atoms with Gasteiger partial charge in [-0.05, 0) is 37.0 Å². The van der Waals surface area contributed by atoms with Crippen molar-refractivity contribution in [3.05, 3.63) is 34.8 Å². The number of alkyl halides is 3. The summed E-state index contributed by atoms with van der Waals surface area (Å²) < 4.78 is 38.5. The molecule has 0 saturated carbocycles. The minimum absolute atomic E-state index is 0.0422. The van der Waals surface area contributed by atoms with E-state index in [2.05, 4.69) is 4.98 Å². The number of hydrogen-bond donors (Lipinski definition) is 1. The van der Waals surface area contributed by atoms with Crippen LogP contribution in [-0.2, 0) is 12.8 Å². The van der Waals surface area contributed by atoms with Gasteiger partial charge < -0.3 is 5.73 Å². The highest BCUT2D eigenvalue weighted by Gasteiger charge is 2.42. The molecule has 0 aromatic carbocycles. The number of nitrogen functional groups attached to an aromatic ring is 1. The molecule has 1 atom stereocenters. The Hall–Kier alpha value is -1.56. The Morgan fingerprint density at radius 3 is 2.75 bits per heavy atom. The van der Waals surface area contributed by atoms with Crippen LogP contribution >= 0.6 is 11.3 Å². The molecule has 3 rings (SSSR count). The zero-order valence-electron chi connectivity index (χ0n) is 10.6. The molecular weight excluding hydrogens is 285 g/mol. The van der Waals surface area contributed by atoms with Crippen LogP contribution in [0.25, 0.3) is 11.3 Å². The van der Waals surface area contributed by atoms with Crippen LogP contribution in [0, 0.1) is 5.92 Å². The first-order valence-corrected chi connectivity index (χ1v) is 7.16. The fraction of sp³-hybridized carbons (Fsp3) is 0.357. The highest BCUT2D eigenvalue weighted by Crippen LogP contribution is 2.46. The van der Waals surface area contributed by atoms with E-state index in [0.717, 1.165) is 21.7 Å². The number of hydrogen-bond acceptors (Lipinski definition) is 3. The third kappa shape index (κ3) is 2.28. The summed E-state index contributed by atoms with van der Waals surface area (Å²) in [4.78, 5) is 5.02. The van der Waals surface area contributed by atoms with E-state index in [1.165, 1.54) is 11.3 Å². The van der Waals surface area contributed by atoms with Gasteiger partial charge in [0.2, 0.25) is 0 Å². The first-order chi connectivity index (χ1) is 9.47. The van der Waals surface area contributed by atoms with Crippen molar-refractivity contribution in [3.63, 3.8) is 0 Å². The lowest BCUT2D eigenvalue weighted by molar-refractivity contribution is -0.176. The van der Waals surface area contributed by atoms with E-state index < -0.39 is 12.1 Å². The van der Waals surface area contributed by atoms with Crippen molar-refractivity contribution in [3.8, 4) is 11.3 Å². The molecule has 0 saturated heterocycles. The molecule has 1 unspecified atom stereocenters. The number of pyridine rings is 1. The van der Waals surface area contributed by atoms with Crippen molar-refractivity contribution in [2.75, 3.05) is 5.73 Å². The summed E-state index contributed by atoms with van der Waals surface area (Å²) in [5.74, 6) is -1.25. The number of rotatable bonds is 1. The van der Waals surface area contributed by atoms with E-state index in [4.69, 9.17) is 5.73 Å². The van der Waals surface area contributed by atoms with E-state index in [1.54, 1.807) is 12.3 Å². The Morgan fingerprint density at radius 1 is 1.30 bits per heavy atom. The van der Waals surface area contributed by atoms with Crippen LogP contribution in [0.1, 0.15) is 16.9 Å². The number of fused-ring (bicyclic) bond motifs is 1. The predicted octanol–water partition coefficient (Wildman–Crippen LogP) is 4.06. The summed E-state index contributed by atoms with van der Waals surface area (Å²) in [6.07, 6.45) is -1.87. The fourth-order valence-corrected chi connectivity index (χ4v) is 3.89. The molecule has 2 nitrogen and oxygen atoms in total. The molecule has 2 N–H and O–H groups in total. The first-order valence-electron chi connectivity index (χ1n) is 6.35. The Kier molecular flexibility index (Phi) is 3.20. The number of halogens is 3. The molecular formula is C14H13F3N2S. The van der Waals surface area contributed by atoms with E-state index in [9.17, 15) is 13.2 Å². The lowest BCUT2D eigenvalue weighted by Gasteiger charge is -2.24. The molecule has 1 aliphatic rings. The largest absolute Gasteiger partial charge is 0.392 e. The Bertz CT molecular complexity index is 619. The average Bonchev–Trinajstić information content (AvgIpc) is 2.73. The summed E-state index contributed by atoms with van der Waals surface area (Å²) in [5.41, 5.74) is 8.52. The summed E-state index contributed by atoms with van der Waals surface area (Å²) in [6, 6.07) is 5.50. The third-order valence-electron chi connectivity index (χ3n) is 3.68. The van der Waals surface area contributed by atoms with E-state index in [-0.39, 0.29) is 12.8 Å². The molecule has 0 aliphatic heterocycles. The van der Waals surface area contributed by atoms with Crippen LogP contribution in [0.3, 0.4) is 0 Å². The lowest BCUT2D eigenvalue weighted by Crippen LogP contribution is -2.28. The SMILES string of the molecule is Nc1sc2c(c1-c1ccccn1)CCC(C(F)(F)F)C2. The minimum Gasteiger partial charge on any atom is -0.390 e. The van der Waals surface area contributed by atoms with Gasteiger partial charge in [0.15, 0.2) is 0 Å². The molecule has 2 aromatic heterocycles. The maximum absolute atomic E-state index is 12.8. The van der Waals surface area contributed by atoms with Crippen LogP contribution in [0.4, 0.5) is 18.2 Å². The molecule has 0 fully saturated rings. The monoisotopic (exact) mass is 298 g/mol. The van der Waals surface area contributed by atoms with Crippen molar-refractivity contribution in [1.82, 2.24) is 4.98 Å². The normalized spacial score (nSPS) is 18.9. The summed E-state index contributed by atoms with van der Waals surface area (Å²) in [5, 5.41) is 0.566. The number of aromatic nitrogens is 1. The fourth-order valence-electron chi connectivity index (χ4n) is 2.68. The number of nitrogens with zero attached hydrogens (tertiary/aromatic N) is 1. The van der Waals surface area contributed by atoms with Gasteiger partial charge in [-0.25, -0.2) is 0 Å². The molecule has 0 amide bonds. The third-order valence-corrected chi connectivity index (χ3v) is 4.76. The predicted molar refractivity (Wildman–Crippen MR) is 73.5 cm³/mol. The minimum atomic E-state index is -4.12. The quantitative estimate of drug-likeness (QED) is 0.862. The van der Waals surface area contributed by atoms with Crippen LogP contribution in [0.15, 0.2) is 24.4 Å². The van der Waals surface area contributed by atoms with Gasteiger partial charge in [-0.1, -0.05) is 6.07 Å². The molecule has 6 heteroatoms. The molecule has 0 bridgehead atoms. The molecule has 0 radical (unpaired) electrons. The van der Waals surface area contributed by atoms with Crippen molar-refractivity contribution < 1.29 is 13.2 Å². The van der Waals surface area contributed by atoms with Crippen LogP contribution < -0.4 is 5.73 Å². The van der Waals surface area contributed by atoms with E-state index in [1.807, 2.05) is 12.1 Å². The van der Waals surface area contributed by atoms with E-state index >= 15 is 0 Å². The van der Waals surface area contributed by atoms with Gasteiger partial charge in [-0.2, -0.15) is 13.2 Å². The van der Waals surface area contributed by atoms with Gasteiger partial charge in [0.05, 0.1) is 16.6 Å². The lowest BCUT2D eigenvalue weighted by atomic mass is 9.86. The molecule has 1 aliphatic carbocycles. The van der Waals surface area contributed by atoms with Gasteiger partial charge in [-0.15, -0.1) is 11.3 Å². The smallest absolute Gasteiger partial charge is 0.390 e. The first kappa shape index (κ1) is 13.4. The topological polar surface area (TPSA) is 38.9 Å². The number of thiophene rings is 1. The van der Waals surface area contributed by atoms with Crippen molar-refractivity contribution in [2.45, 2.75) is 25.4 Å². The van der Waals surface area contributed by atoms with Crippen molar-refractivity contribution >= 4 is 16.3 Å². The van der Waals surface area contributed by atoms with E-state index in [0.29, 0.717) is 11.4 Å². The standard InChI is InChI=1S/C14H13F3N2S/c15-14(16,17)8-4-5-9-11(7-8)20-13(18)12(9)10-3-1-2-6-19-10/h1-3,6,8H,4-5,7,18H2. The van der Waals surface area contributed by atoms with Crippen molar-refractivity contribution in [1.29, 1.82) is 0 Å². The summed E-state index contributed by atoms with van der Waals surface area (Å²) in [6.45, 7) is 0. The maximum Gasteiger partial charge on any atom is 0.392 e. The summed E-state index contributed by atoms with van der Waals surface area (Å²) >= 11 is 1.27. The number of anilines is 1. The molecule has 2 heterocycles. The van der Waals surface area contributed by atoms with Crippen LogP contribution in [0.5, 0.6) is 0 Å². The second-order valence-corrected chi connectivity index (χ2v) is 6.08. The Balaban J connectivity index is 2.00. The number of nitrogens with two attached hydrogens (primary N) is 1. The maximum atomic E-state index is 12.8. The van der Waals surface area contributed by atoms with Gasteiger partial charge in [0.25, 0.3) is 0 Å². The summed E-state index contributed by atoms with van der Waals surface area (Å²) in [7, 11) is 0. The van der Waals surface area contributed by atoms with Crippen LogP contribution in [0.2, 0.25) is 0 Å². The molecule has 20 heavy (non-hydrogen) atoms. The van der Waals surface area contributed by atoms with Gasteiger partial charge in [0, 0.05) is 16.6 Å². The van der Waals surface area contributed by atoms with Gasteiger partial charge >= 0.3 is 6.18 Å². The Labute approximate surface area is 118 Å². The second-order valence-electron chi connectivity index (χ2n) is 4.94. The molecule has 2 aromatic rings. The highest BCUT2D eigenvalue weighted by atomic mass is 32.1.